The van der Waals surface area contributed by atoms with Crippen LogP contribution in [0.15, 0.2) is 67.0 Å². The molecule has 27 heavy (non-hydrogen) atoms. The summed E-state index contributed by atoms with van der Waals surface area (Å²) >= 11 is 0. The quantitative estimate of drug-likeness (QED) is 0.570. The van der Waals surface area contributed by atoms with Crippen molar-refractivity contribution in [3.05, 3.63) is 94.8 Å². The Morgan fingerprint density at radius 1 is 0.889 bits per heavy atom. The van der Waals surface area contributed by atoms with Gasteiger partial charge in [0.1, 0.15) is 0 Å². The second kappa shape index (κ2) is 8.17. The fraction of sp³-hybridized carbons (Fsp3) is 0.250. The van der Waals surface area contributed by atoms with E-state index < -0.39 is 0 Å². The number of rotatable bonds is 6. The van der Waals surface area contributed by atoms with Crippen LogP contribution in [0.2, 0.25) is 0 Å². The van der Waals surface area contributed by atoms with Crippen molar-refractivity contribution in [3.8, 4) is 0 Å². The van der Waals surface area contributed by atoms with Crippen LogP contribution in [0.25, 0.3) is 0 Å². The molecule has 0 aliphatic rings. The number of carbonyl (C=O) groups excluding carboxylic acids is 1. The lowest BCUT2D eigenvalue weighted by atomic mass is 9.84. The Balaban J connectivity index is 1.99. The molecular formula is C24H26N2O. The molecule has 0 spiro atoms. The van der Waals surface area contributed by atoms with Gasteiger partial charge in [-0.05, 0) is 49.2 Å². The number of anilines is 1. The first-order valence-electron chi connectivity index (χ1n) is 9.23. The van der Waals surface area contributed by atoms with Crippen molar-refractivity contribution in [2.24, 2.45) is 0 Å². The van der Waals surface area contributed by atoms with Crippen LogP contribution in [-0.4, -0.2) is 24.9 Å². The Bertz CT molecular complexity index is 895. The molecular weight excluding hydrogens is 332 g/mol. The molecule has 3 aromatic rings. The Morgan fingerprint density at radius 2 is 1.48 bits per heavy atom. The van der Waals surface area contributed by atoms with Gasteiger partial charge in [-0.3, -0.25) is 9.78 Å². The summed E-state index contributed by atoms with van der Waals surface area (Å²) in [4.78, 5) is 19.0. The van der Waals surface area contributed by atoms with Gasteiger partial charge in [-0.1, -0.05) is 41.5 Å². The van der Waals surface area contributed by atoms with E-state index >= 15 is 0 Å². The van der Waals surface area contributed by atoms with Gasteiger partial charge >= 0.3 is 0 Å². The third-order valence-electron chi connectivity index (χ3n) is 4.85. The molecule has 0 bridgehead atoms. The lowest BCUT2D eigenvalue weighted by molar-refractivity contribution is 0.0977. The van der Waals surface area contributed by atoms with Crippen molar-refractivity contribution in [1.82, 2.24) is 4.98 Å². The molecule has 3 nitrogen and oxygen atoms in total. The van der Waals surface area contributed by atoms with Gasteiger partial charge in [-0.15, -0.1) is 0 Å². The second-order valence-electron chi connectivity index (χ2n) is 7.32. The van der Waals surface area contributed by atoms with E-state index in [0.29, 0.717) is 12.0 Å². The number of aryl methyl sites for hydroxylation is 2. The highest BCUT2D eigenvalue weighted by Crippen LogP contribution is 2.32. The number of pyridine rings is 1. The number of benzene rings is 2. The van der Waals surface area contributed by atoms with E-state index in [1.165, 1.54) is 16.7 Å². The molecule has 0 saturated carbocycles. The molecule has 3 heteroatoms. The van der Waals surface area contributed by atoms with Crippen LogP contribution in [0.5, 0.6) is 0 Å². The van der Waals surface area contributed by atoms with Gasteiger partial charge in [0.05, 0.1) is 0 Å². The van der Waals surface area contributed by atoms with Crippen LogP contribution < -0.4 is 4.90 Å². The van der Waals surface area contributed by atoms with E-state index in [1.54, 1.807) is 24.5 Å². The highest BCUT2D eigenvalue weighted by Gasteiger charge is 2.20. The van der Waals surface area contributed by atoms with Crippen molar-refractivity contribution >= 4 is 11.5 Å². The maximum absolute atomic E-state index is 12.9. The third-order valence-corrected chi connectivity index (χ3v) is 4.85. The first-order chi connectivity index (χ1) is 12.9. The summed E-state index contributed by atoms with van der Waals surface area (Å²) in [5.74, 6) is 0.165. The minimum Gasteiger partial charge on any atom is -0.378 e. The molecule has 1 aromatic heterocycles. The van der Waals surface area contributed by atoms with Crippen molar-refractivity contribution in [1.29, 1.82) is 0 Å². The van der Waals surface area contributed by atoms with Crippen molar-refractivity contribution < 1.29 is 4.79 Å². The summed E-state index contributed by atoms with van der Waals surface area (Å²) in [6.07, 6.45) is 3.78. The zero-order chi connectivity index (χ0) is 19.4. The van der Waals surface area contributed by atoms with Gasteiger partial charge < -0.3 is 4.90 Å². The Kier molecular flexibility index (Phi) is 5.70. The largest absolute Gasteiger partial charge is 0.378 e. The number of hydrogen-bond donors (Lipinski definition) is 0. The summed E-state index contributed by atoms with van der Waals surface area (Å²) < 4.78 is 0. The molecule has 0 fully saturated rings. The maximum atomic E-state index is 12.9. The van der Waals surface area contributed by atoms with Crippen LogP contribution in [0.4, 0.5) is 5.69 Å². The Morgan fingerprint density at radius 3 is 2.04 bits per heavy atom. The van der Waals surface area contributed by atoms with E-state index in [2.05, 4.69) is 66.2 Å². The van der Waals surface area contributed by atoms with E-state index in [9.17, 15) is 4.79 Å². The molecule has 3 rings (SSSR count). The molecule has 138 valence electrons. The number of aromatic nitrogens is 1. The topological polar surface area (TPSA) is 33.2 Å². The Labute approximate surface area is 161 Å². The van der Waals surface area contributed by atoms with Crippen molar-refractivity contribution in [2.45, 2.75) is 26.2 Å². The van der Waals surface area contributed by atoms with Gasteiger partial charge in [-0.2, -0.15) is 0 Å². The van der Waals surface area contributed by atoms with Crippen molar-refractivity contribution in [3.63, 3.8) is 0 Å². The average Bonchev–Trinajstić information content (AvgIpc) is 2.66. The molecule has 0 saturated heterocycles. The van der Waals surface area contributed by atoms with Crippen LogP contribution in [-0.2, 0) is 0 Å². The number of Topliss-reactive ketones (excluding diaryl/α,β-unsaturated/α-hetero) is 1. The van der Waals surface area contributed by atoms with Gasteiger partial charge in [0, 0.05) is 50.1 Å². The van der Waals surface area contributed by atoms with Crippen LogP contribution >= 0.6 is 0 Å². The number of nitrogens with zero attached hydrogens (tertiary/aromatic N) is 2. The molecule has 0 amide bonds. The molecule has 2 aromatic carbocycles. The molecule has 1 heterocycles. The maximum Gasteiger partial charge on any atom is 0.163 e. The van der Waals surface area contributed by atoms with Crippen LogP contribution in [0.3, 0.4) is 0 Å². The zero-order valence-corrected chi connectivity index (χ0v) is 16.4. The molecule has 0 aliphatic heterocycles. The first-order valence-corrected chi connectivity index (χ1v) is 9.23. The predicted octanol–water partition coefficient (Wildman–Crippen LogP) is 5.17. The minimum atomic E-state index is 0.0282. The molecule has 0 aliphatic carbocycles. The number of carbonyl (C=O) groups is 1. The number of ketones is 1. The van der Waals surface area contributed by atoms with E-state index in [0.717, 1.165) is 11.3 Å². The fourth-order valence-corrected chi connectivity index (χ4v) is 3.49. The highest BCUT2D eigenvalue weighted by atomic mass is 16.1. The van der Waals surface area contributed by atoms with Gasteiger partial charge in [-0.25, -0.2) is 0 Å². The van der Waals surface area contributed by atoms with Crippen LogP contribution in [0, 0.1) is 13.8 Å². The zero-order valence-electron chi connectivity index (χ0n) is 16.4. The summed E-state index contributed by atoms with van der Waals surface area (Å²) in [5, 5.41) is 0. The first kappa shape index (κ1) is 18.8. The fourth-order valence-electron chi connectivity index (χ4n) is 3.49. The minimum absolute atomic E-state index is 0.0282. The predicted molar refractivity (Wildman–Crippen MR) is 112 cm³/mol. The molecule has 1 unspecified atom stereocenters. The molecule has 0 radical (unpaired) electrons. The SMILES string of the molecule is Cc1cc(C)cc(C(CC(=O)c2ccncc2)c2ccc(N(C)C)cc2)c1. The lowest BCUT2D eigenvalue weighted by Crippen LogP contribution is -2.11. The summed E-state index contributed by atoms with van der Waals surface area (Å²) in [5.41, 5.74) is 6.65. The van der Waals surface area contributed by atoms with Gasteiger partial charge in [0.25, 0.3) is 0 Å². The monoisotopic (exact) mass is 358 g/mol. The Hall–Kier alpha value is -2.94. The normalized spacial score (nSPS) is 11.9. The van der Waals surface area contributed by atoms with Crippen molar-refractivity contribution in [2.75, 3.05) is 19.0 Å². The highest BCUT2D eigenvalue weighted by molar-refractivity contribution is 5.96. The summed E-state index contributed by atoms with van der Waals surface area (Å²) in [6, 6.07) is 18.6. The molecule has 0 N–H and O–H groups in total. The summed E-state index contributed by atoms with van der Waals surface area (Å²) in [6.45, 7) is 4.21. The van der Waals surface area contributed by atoms with Gasteiger partial charge in [0.2, 0.25) is 0 Å². The molecule has 1 atom stereocenters. The lowest BCUT2D eigenvalue weighted by Gasteiger charge is -2.20. The third kappa shape index (κ3) is 4.62. The second-order valence-corrected chi connectivity index (χ2v) is 7.32. The standard InChI is InChI=1S/C24H26N2O/c1-17-13-18(2)15-21(14-17)23(16-24(27)20-9-11-25-12-10-20)19-5-7-22(8-6-19)26(3)4/h5-15,23H,16H2,1-4H3. The van der Waals surface area contributed by atoms with E-state index in [-0.39, 0.29) is 11.7 Å². The van der Waals surface area contributed by atoms with Gasteiger partial charge in [0.15, 0.2) is 5.78 Å². The summed E-state index contributed by atoms with van der Waals surface area (Å²) in [7, 11) is 4.06. The smallest absolute Gasteiger partial charge is 0.163 e. The number of hydrogen-bond acceptors (Lipinski definition) is 3. The average molecular weight is 358 g/mol. The van der Waals surface area contributed by atoms with E-state index in [4.69, 9.17) is 0 Å². The van der Waals surface area contributed by atoms with E-state index in [1.807, 2.05) is 14.1 Å². The van der Waals surface area contributed by atoms with Crippen LogP contribution in [0.1, 0.15) is 45.0 Å².